The molecule has 2 aliphatic rings. The maximum atomic E-state index is 11.9. The van der Waals surface area contributed by atoms with Crippen LogP contribution in [0.2, 0.25) is 0 Å². The Hall–Kier alpha value is -14.2. The van der Waals surface area contributed by atoms with Crippen LogP contribution in [-0.2, 0) is 42.2 Å². The lowest BCUT2D eigenvalue weighted by molar-refractivity contribution is 0.0591. The molecule has 1 aromatic carbocycles. The zero-order chi connectivity index (χ0) is 92.4. The summed E-state index contributed by atoms with van der Waals surface area (Å²) in [6, 6.07) is 33.3. The Balaban J connectivity index is 0.000000219. The van der Waals surface area contributed by atoms with Gasteiger partial charge >= 0.3 is 11.9 Å². The molecule has 35 heteroatoms. The number of rotatable bonds is 24. The molecule has 0 aliphatic heterocycles. The molecule has 11 N–H and O–H groups in total. The molecule has 0 unspecified atom stereocenters. The Morgan fingerprint density at radius 2 is 0.937 bits per heavy atom. The van der Waals surface area contributed by atoms with Crippen molar-refractivity contribution in [2.24, 2.45) is 7.05 Å². The number of carbonyl (C=O) groups excluding carboxylic acids is 5. The molecule has 126 heavy (non-hydrogen) atoms. The molecule has 672 valence electrons. The number of hydrogen-bond acceptors (Lipinski definition) is 28. The Kier molecular flexibility index (Phi) is 41.8. The van der Waals surface area contributed by atoms with Gasteiger partial charge in [-0.1, -0.05) is 54.0 Å². The van der Waals surface area contributed by atoms with Crippen molar-refractivity contribution >= 4 is 70.3 Å². The monoisotopic (exact) mass is 1720 g/mol. The first-order valence-corrected chi connectivity index (χ1v) is 41.8. The third-order valence-corrected chi connectivity index (χ3v) is 19.1. The number of H-pyrrole nitrogens is 3. The van der Waals surface area contributed by atoms with Crippen LogP contribution >= 0.6 is 0 Å². The van der Waals surface area contributed by atoms with Crippen molar-refractivity contribution in [3.63, 3.8) is 0 Å². The lowest BCUT2D eigenvalue weighted by Gasteiger charge is -2.12. The molecule has 14 rings (SSSR count). The van der Waals surface area contributed by atoms with E-state index in [0.717, 1.165) is 159 Å². The summed E-state index contributed by atoms with van der Waals surface area (Å²) in [5.74, 6) is 8.40. The summed E-state index contributed by atoms with van der Waals surface area (Å²) < 4.78 is 11.3. The van der Waals surface area contributed by atoms with E-state index in [2.05, 4.69) is 160 Å². The summed E-state index contributed by atoms with van der Waals surface area (Å²) in [7, 11) is 26.3. The number of anilines is 7. The molecule has 35 nitrogen and oxygen atoms in total. The molecule has 0 saturated heterocycles. The number of pyridine rings is 7. The van der Waals surface area contributed by atoms with E-state index in [9.17, 15) is 24.0 Å². The van der Waals surface area contributed by atoms with Gasteiger partial charge in [0.15, 0.2) is 17.5 Å². The standard InChI is InChI=1S/C13H21N3O.C12H17N3O.C12H17NO2.C11H15NO2.C9H11N5.C9H15N3.C9H12N2O.2C8H9N5/c1-5-6-7-11-8-10(13(17)16(3)4)9-12(14-2)15-11;1-13-11-7-9(12(16)15(2)3)6-10(14-11)8-4-5-8;1-5-10-6-9(12(14)15-4)7-11(13-10)8(2)3;1-4-9-6-8(11(13)14-3)7-10(5-2)12-9;1-6-3-7(4-8(10-2)13-6)9-11-5-12-14-9;1-6-8(7-4-5-7)11-12(3)9(6)10-2;1-10-8-5-3-4-7(6-8)9(12)11-2;2*1-9-7-4-6(2-3-10-7)8-11-5-12-13-8/h8-9H,5-7H2,1-4H3,(H,14,15);6-8H,4-5H2,1-3H3,(H,13,14);6-8H,5H2,1-4H3;6-7H,4-5H2,1-3H3;3-5H,1-2H3,(H,10,13)(H,11,12,14);7,10H,4-5H2,1-3H3;3-6,10H,1-2H3,(H,11,12);2*2-5H,1H3,(H,9,10)(H,11,12,13). The number of carbonyl (C=O) groups is 5. The van der Waals surface area contributed by atoms with Gasteiger partial charge in [0, 0.05) is 200 Å². The van der Waals surface area contributed by atoms with Crippen molar-refractivity contribution in [2.75, 3.05) is 136 Å². The first-order chi connectivity index (χ1) is 60.6. The molecule has 11 heterocycles. The van der Waals surface area contributed by atoms with Gasteiger partial charge in [0.05, 0.1) is 31.0 Å². The highest BCUT2D eigenvalue weighted by Crippen LogP contribution is 2.42. The van der Waals surface area contributed by atoms with Crippen molar-refractivity contribution in [1.29, 1.82) is 0 Å². The maximum absolute atomic E-state index is 11.9. The van der Waals surface area contributed by atoms with Gasteiger partial charge in [0.25, 0.3) is 17.7 Å². The molecular weight excluding hydrogens is 1600 g/mol. The van der Waals surface area contributed by atoms with E-state index in [-0.39, 0.29) is 29.7 Å². The van der Waals surface area contributed by atoms with Crippen LogP contribution in [0, 0.1) is 13.8 Å². The number of ether oxygens (including phenoxy) is 2. The first kappa shape index (κ1) is 101. The zero-order valence-electron chi connectivity index (χ0n) is 77.0. The van der Waals surface area contributed by atoms with Gasteiger partial charge in [-0.15, -0.1) is 0 Å². The van der Waals surface area contributed by atoms with Gasteiger partial charge < -0.3 is 61.8 Å². The molecule has 11 aromatic heterocycles. The predicted octanol–water partition coefficient (Wildman–Crippen LogP) is 14.2. The Morgan fingerprint density at radius 1 is 0.476 bits per heavy atom. The number of amides is 3. The minimum Gasteiger partial charge on any atom is -0.465 e. The number of nitrogens with one attached hydrogen (secondary N) is 11. The Bertz CT molecular complexity index is 5240. The summed E-state index contributed by atoms with van der Waals surface area (Å²) in [5.41, 5.74) is 16.4. The van der Waals surface area contributed by atoms with Crippen molar-refractivity contribution in [3.05, 3.63) is 220 Å². The van der Waals surface area contributed by atoms with Gasteiger partial charge in [-0.05, 0) is 181 Å². The summed E-state index contributed by atoms with van der Waals surface area (Å²) in [5, 5.41) is 47.9. The molecule has 2 aliphatic carbocycles. The SMILES string of the molecule is CCCCc1cc(C(=O)N(C)C)cc(NC)n1.CCc1cc(C(=O)OC)cc(C(C)C)n1.CCc1cc(C(=O)OC)cc(CC)n1.CNC(=O)c1cccc(NC)c1.CNc1c(C)c(C2CC2)nn1C.CNc1cc(-c2ncn[nH]2)cc(C)n1.CNc1cc(-c2ncn[nH]2)ccn1.CNc1cc(-c2ncn[nH]2)ccn1.CNc1cc(C(=O)N(C)C)cc(C2CC2)n1. The van der Waals surface area contributed by atoms with E-state index < -0.39 is 0 Å². The van der Waals surface area contributed by atoms with Crippen molar-refractivity contribution < 1.29 is 33.4 Å². The topological polar surface area (TPSA) is 439 Å². The average Bonchev–Trinajstić information content (AvgIpc) is 1.66. The molecule has 12 aromatic rings. The number of aryl methyl sites for hydroxylation is 6. The second kappa shape index (κ2) is 52.3. The van der Waals surface area contributed by atoms with E-state index in [4.69, 9.17) is 4.74 Å². The summed E-state index contributed by atoms with van der Waals surface area (Å²) in [6.45, 7) is 16.4. The largest absolute Gasteiger partial charge is 0.465 e. The fourth-order valence-corrected chi connectivity index (χ4v) is 11.9. The number of hydrogen-bond donors (Lipinski definition) is 11. The molecule has 0 atom stereocenters. The second-order valence-corrected chi connectivity index (χ2v) is 29.4. The number of methoxy groups -OCH3 is 2. The number of esters is 2. The average molecular weight is 1720 g/mol. The van der Waals surface area contributed by atoms with Crippen LogP contribution in [0.25, 0.3) is 34.2 Å². The molecular formula is C91H126N28O7. The molecule has 0 radical (unpaired) electrons. The Labute approximate surface area is 739 Å². The van der Waals surface area contributed by atoms with Crippen LogP contribution in [-0.4, -0.2) is 228 Å². The van der Waals surface area contributed by atoms with Crippen LogP contribution < -0.4 is 42.5 Å². The fraction of sp³-hybridized carbons (Fsp3) is 0.396. The number of benzene rings is 1. The van der Waals surface area contributed by atoms with E-state index in [1.54, 1.807) is 106 Å². The molecule has 0 spiro atoms. The van der Waals surface area contributed by atoms with Crippen LogP contribution in [0.15, 0.2) is 141 Å². The van der Waals surface area contributed by atoms with Gasteiger partial charge in [-0.25, -0.2) is 49.5 Å². The van der Waals surface area contributed by atoms with Crippen LogP contribution in [0.5, 0.6) is 0 Å². The minimum absolute atomic E-state index is 0.0154. The van der Waals surface area contributed by atoms with E-state index in [1.807, 2.05) is 149 Å². The van der Waals surface area contributed by atoms with Gasteiger partial charge in [-0.3, -0.25) is 44.3 Å². The third kappa shape index (κ3) is 32.3. The summed E-state index contributed by atoms with van der Waals surface area (Å²) >= 11 is 0. The fourth-order valence-electron chi connectivity index (χ4n) is 11.9. The number of aromatic amines is 3. The number of nitrogens with zero attached hydrogens (tertiary/aromatic N) is 17. The highest BCUT2D eigenvalue weighted by atomic mass is 16.5. The predicted molar refractivity (Wildman–Crippen MR) is 499 cm³/mol. The quantitative estimate of drug-likeness (QED) is 0.0250. The van der Waals surface area contributed by atoms with E-state index in [0.29, 0.717) is 39.7 Å². The van der Waals surface area contributed by atoms with Crippen LogP contribution in [0.3, 0.4) is 0 Å². The molecule has 3 amide bonds. The van der Waals surface area contributed by atoms with Crippen molar-refractivity contribution in [2.45, 2.75) is 137 Å². The maximum Gasteiger partial charge on any atom is 0.337 e. The Morgan fingerprint density at radius 3 is 1.36 bits per heavy atom. The normalized spacial score (nSPS) is 11.2. The highest BCUT2D eigenvalue weighted by molar-refractivity contribution is 5.96. The lowest BCUT2D eigenvalue weighted by Crippen LogP contribution is -2.22. The van der Waals surface area contributed by atoms with Gasteiger partial charge in [-0.2, -0.15) is 20.4 Å². The van der Waals surface area contributed by atoms with E-state index in [1.165, 1.54) is 70.1 Å². The zero-order valence-corrected chi connectivity index (χ0v) is 77.0. The first-order valence-electron chi connectivity index (χ1n) is 41.8. The molecule has 2 fully saturated rings. The second-order valence-electron chi connectivity index (χ2n) is 29.4. The van der Waals surface area contributed by atoms with Gasteiger partial charge in [0.1, 0.15) is 53.9 Å². The smallest absolute Gasteiger partial charge is 0.337 e. The molecule has 2 saturated carbocycles. The lowest BCUT2D eigenvalue weighted by atomic mass is 10.1. The van der Waals surface area contributed by atoms with Crippen LogP contribution in [0.1, 0.15) is 201 Å². The summed E-state index contributed by atoms with van der Waals surface area (Å²) in [6.07, 6.45) is 18.5. The van der Waals surface area contributed by atoms with Crippen molar-refractivity contribution in [1.82, 2.24) is 105 Å². The molecule has 0 bridgehead atoms. The van der Waals surface area contributed by atoms with Crippen LogP contribution in [0.4, 0.5) is 40.6 Å². The summed E-state index contributed by atoms with van der Waals surface area (Å²) in [4.78, 5) is 103. The third-order valence-electron chi connectivity index (χ3n) is 19.1. The minimum atomic E-state index is -0.297. The number of aromatic nitrogens is 18. The highest BCUT2D eigenvalue weighted by Gasteiger charge is 2.30. The van der Waals surface area contributed by atoms with Gasteiger partial charge in [0.2, 0.25) is 0 Å². The van der Waals surface area contributed by atoms with Crippen molar-refractivity contribution in [3.8, 4) is 34.2 Å². The number of unbranched alkanes of at least 4 members (excludes halogenated alkanes) is 1. The van der Waals surface area contributed by atoms with E-state index >= 15 is 0 Å².